The standard InChI is InChI=1S/C22H21NO4/c1-3-22(21(26)27-2)17-16(18(23-22)13-9-5-4-6-10-13)19(24)14-11-7-8-12-15(14)20(17)25/h4-12,18,23-25H,3H2,1-2H3/t18-,22+/m0/s1. The number of aromatic hydroxyl groups is 2. The van der Waals surface area contributed by atoms with E-state index in [4.69, 9.17) is 4.74 Å². The van der Waals surface area contributed by atoms with Crippen LogP contribution in [0.1, 0.15) is 36.1 Å². The average Bonchev–Trinajstić information content (AvgIpc) is 3.09. The second-order valence-corrected chi connectivity index (χ2v) is 6.77. The molecule has 1 aliphatic heterocycles. The lowest BCUT2D eigenvalue weighted by Crippen LogP contribution is -2.46. The van der Waals surface area contributed by atoms with Crippen molar-refractivity contribution in [1.82, 2.24) is 5.32 Å². The molecule has 0 aromatic heterocycles. The molecule has 0 saturated carbocycles. The van der Waals surface area contributed by atoms with Crippen LogP contribution in [-0.2, 0) is 15.1 Å². The van der Waals surface area contributed by atoms with Crippen molar-refractivity contribution in [2.45, 2.75) is 24.9 Å². The van der Waals surface area contributed by atoms with Gasteiger partial charge in [-0.05, 0) is 12.0 Å². The Labute approximate surface area is 157 Å². The summed E-state index contributed by atoms with van der Waals surface area (Å²) < 4.78 is 5.08. The zero-order chi connectivity index (χ0) is 19.2. The first-order chi connectivity index (χ1) is 13.0. The molecule has 0 aliphatic carbocycles. The van der Waals surface area contributed by atoms with E-state index in [1.165, 1.54) is 7.11 Å². The van der Waals surface area contributed by atoms with Crippen LogP contribution in [-0.4, -0.2) is 23.3 Å². The van der Waals surface area contributed by atoms with Crippen LogP contribution in [0.5, 0.6) is 11.5 Å². The smallest absolute Gasteiger partial charge is 0.330 e. The molecule has 0 unspecified atom stereocenters. The molecule has 0 amide bonds. The summed E-state index contributed by atoms with van der Waals surface area (Å²) in [5.41, 5.74) is 0.561. The van der Waals surface area contributed by atoms with E-state index in [1.807, 2.05) is 37.3 Å². The second kappa shape index (κ2) is 6.28. The first kappa shape index (κ1) is 17.4. The number of ether oxygens (including phenoxy) is 1. The number of fused-ring (bicyclic) bond motifs is 2. The van der Waals surface area contributed by atoms with E-state index in [2.05, 4.69) is 5.32 Å². The molecule has 0 bridgehead atoms. The lowest BCUT2D eigenvalue weighted by Gasteiger charge is -2.28. The number of methoxy groups -OCH3 is 1. The van der Waals surface area contributed by atoms with Crippen molar-refractivity contribution in [2.75, 3.05) is 7.11 Å². The van der Waals surface area contributed by atoms with E-state index in [0.29, 0.717) is 28.3 Å². The van der Waals surface area contributed by atoms with Gasteiger partial charge in [0.1, 0.15) is 17.0 Å². The maximum Gasteiger partial charge on any atom is 0.330 e. The molecule has 2 atom stereocenters. The monoisotopic (exact) mass is 363 g/mol. The van der Waals surface area contributed by atoms with Crippen LogP contribution >= 0.6 is 0 Å². The molecular weight excluding hydrogens is 342 g/mol. The fourth-order valence-corrected chi connectivity index (χ4v) is 4.18. The third-order valence-corrected chi connectivity index (χ3v) is 5.50. The molecule has 1 heterocycles. The van der Waals surface area contributed by atoms with Gasteiger partial charge in [0.2, 0.25) is 0 Å². The van der Waals surface area contributed by atoms with Gasteiger partial charge in [0.25, 0.3) is 0 Å². The number of carbonyl (C=O) groups is 1. The topological polar surface area (TPSA) is 78.8 Å². The predicted molar refractivity (Wildman–Crippen MR) is 103 cm³/mol. The number of esters is 1. The zero-order valence-electron chi connectivity index (χ0n) is 15.2. The Kier molecular flexibility index (Phi) is 4.04. The summed E-state index contributed by atoms with van der Waals surface area (Å²) in [5.74, 6) is -0.426. The van der Waals surface area contributed by atoms with Crippen LogP contribution in [0.15, 0.2) is 54.6 Å². The highest BCUT2D eigenvalue weighted by molar-refractivity contribution is 5.99. The predicted octanol–water partition coefficient (Wildman–Crippen LogP) is 3.72. The minimum atomic E-state index is -1.24. The average molecular weight is 363 g/mol. The molecule has 3 aromatic carbocycles. The quantitative estimate of drug-likeness (QED) is 0.488. The maximum atomic E-state index is 12.8. The summed E-state index contributed by atoms with van der Waals surface area (Å²) >= 11 is 0. The molecule has 5 nitrogen and oxygen atoms in total. The van der Waals surface area contributed by atoms with Crippen molar-refractivity contribution >= 4 is 16.7 Å². The molecule has 0 spiro atoms. The van der Waals surface area contributed by atoms with Gasteiger partial charge in [-0.2, -0.15) is 0 Å². The van der Waals surface area contributed by atoms with E-state index in [0.717, 1.165) is 5.56 Å². The number of phenolic OH excluding ortho intramolecular Hbond substituents is 2. The van der Waals surface area contributed by atoms with Crippen molar-refractivity contribution in [3.8, 4) is 11.5 Å². The fourth-order valence-electron chi connectivity index (χ4n) is 4.18. The lowest BCUT2D eigenvalue weighted by atomic mass is 9.84. The van der Waals surface area contributed by atoms with Crippen LogP contribution in [0.3, 0.4) is 0 Å². The van der Waals surface area contributed by atoms with Crippen molar-refractivity contribution < 1.29 is 19.7 Å². The Morgan fingerprint density at radius 3 is 2.22 bits per heavy atom. The molecule has 5 heteroatoms. The van der Waals surface area contributed by atoms with Gasteiger partial charge in [-0.1, -0.05) is 61.5 Å². The highest BCUT2D eigenvalue weighted by Gasteiger charge is 2.52. The van der Waals surface area contributed by atoms with Crippen molar-refractivity contribution in [3.05, 3.63) is 71.3 Å². The van der Waals surface area contributed by atoms with Crippen molar-refractivity contribution in [2.24, 2.45) is 0 Å². The minimum absolute atomic E-state index is 0.00317. The molecule has 1 aliphatic rings. The molecule has 0 fully saturated rings. The van der Waals surface area contributed by atoms with E-state index < -0.39 is 17.6 Å². The van der Waals surface area contributed by atoms with E-state index in [9.17, 15) is 15.0 Å². The molecular formula is C22H21NO4. The molecule has 27 heavy (non-hydrogen) atoms. The van der Waals surface area contributed by atoms with Crippen LogP contribution in [0.2, 0.25) is 0 Å². The number of carbonyl (C=O) groups excluding carboxylic acids is 1. The van der Waals surface area contributed by atoms with Crippen molar-refractivity contribution in [3.63, 3.8) is 0 Å². The van der Waals surface area contributed by atoms with Crippen LogP contribution in [0, 0.1) is 0 Å². The third kappa shape index (κ3) is 2.32. The van der Waals surface area contributed by atoms with Gasteiger partial charge < -0.3 is 14.9 Å². The largest absolute Gasteiger partial charge is 0.507 e. The van der Waals surface area contributed by atoms with Crippen LogP contribution in [0.4, 0.5) is 0 Å². The zero-order valence-corrected chi connectivity index (χ0v) is 15.2. The van der Waals surface area contributed by atoms with Gasteiger partial charge in [0.05, 0.1) is 13.2 Å². The highest BCUT2D eigenvalue weighted by atomic mass is 16.5. The maximum absolute atomic E-state index is 12.8. The number of benzene rings is 3. The van der Waals surface area contributed by atoms with E-state index in [-0.39, 0.29) is 11.5 Å². The Bertz CT molecular complexity index is 1030. The molecule has 138 valence electrons. The molecule has 3 N–H and O–H groups in total. The van der Waals surface area contributed by atoms with Gasteiger partial charge in [-0.3, -0.25) is 5.32 Å². The lowest BCUT2D eigenvalue weighted by molar-refractivity contribution is -0.149. The van der Waals surface area contributed by atoms with Gasteiger partial charge >= 0.3 is 5.97 Å². The Balaban J connectivity index is 2.11. The molecule has 3 aromatic rings. The number of phenols is 2. The number of nitrogens with one attached hydrogen (secondary N) is 1. The summed E-state index contributed by atoms with van der Waals surface area (Å²) in [5, 5.41) is 26.6. The summed E-state index contributed by atoms with van der Waals surface area (Å²) in [6.07, 6.45) is 0.362. The fraction of sp³-hybridized carbons (Fsp3) is 0.227. The van der Waals surface area contributed by atoms with E-state index >= 15 is 0 Å². The van der Waals surface area contributed by atoms with Gasteiger partial charge in [0, 0.05) is 21.9 Å². The second-order valence-electron chi connectivity index (χ2n) is 6.77. The molecule has 4 rings (SSSR count). The van der Waals surface area contributed by atoms with Gasteiger partial charge in [-0.15, -0.1) is 0 Å². The SMILES string of the molecule is CC[C@@]1(C(=O)OC)N[C@@H](c2ccccc2)c2c1c(O)c1ccccc1c2O. The summed E-state index contributed by atoms with van der Waals surface area (Å²) in [6, 6.07) is 16.2. The molecule has 0 radical (unpaired) electrons. The minimum Gasteiger partial charge on any atom is -0.507 e. The number of hydrogen-bond donors (Lipinski definition) is 3. The van der Waals surface area contributed by atoms with Crippen LogP contribution < -0.4 is 5.32 Å². The Morgan fingerprint density at radius 2 is 1.63 bits per heavy atom. The molecule has 0 saturated heterocycles. The number of hydrogen-bond acceptors (Lipinski definition) is 5. The van der Waals surface area contributed by atoms with Crippen molar-refractivity contribution in [1.29, 1.82) is 0 Å². The Hall–Kier alpha value is -3.05. The number of rotatable bonds is 3. The summed E-state index contributed by atoms with van der Waals surface area (Å²) in [4.78, 5) is 12.8. The van der Waals surface area contributed by atoms with E-state index in [1.54, 1.807) is 24.3 Å². The third-order valence-electron chi connectivity index (χ3n) is 5.50. The highest BCUT2D eigenvalue weighted by Crippen LogP contribution is 2.54. The first-order valence-corrected chi connectivity index (χ1v) is 8.93. The first-order valence-electron chi connectivity index (χ1n) is 8.93. The van der Waals surface area contributed by atoms with Crippen LogP contribution in [0.25, 0.3) is 10.8 Å². The van der Waals surface area contributed by atoms with Gasteiger partial charge in [-0.25, -0.2) is 4.79 Å². The Morgan fingerprint density at radius 1 is 1.04 bits per heavy atom. The summed E-state index contributed by atoms with van der Waals surface area (Å²) in [7, 11) is 1.33. The summed E-state index contributed by atoms with van der Waals surface area (Å²) in [6.45, 7) is 1.85. The normalized spacial score (nSPS) is 21.2. The van der Waals surface area contributed by atoms with Gasteiger partial charge in [0.15, 0.2) is 0 Å².